The number of carbonyl (C=O) groups excluding carboxylic acids is 4. The van der Waals surface area contributed by atoms with Crippen LogP contribution in [0.15, 0.2) is 24.3 Å². The minimum atomic E-state index is -0.933. The topological polar surface area (TPSA) is 105 Å². The van der Waals surface area contributed by atoms with Gasteiger partial charge in [-0.1, -0.05) is 27.2 Å². The summed E-state index contributed by atoms with van der Waals surface area (Å²) in [6, 6.07) is 5.69. The molecule has 2 N–H and O–H groups in total. The molecule has 0 radical (unpaired) electrons. The average molecular weight is 389 g/mol. The normalized spacial score (nSPS) is 15.3. The number of esters is 1. The van der Waals surface area contributed by atoms with Crippen LogP contribution in [0.2, 0.25) is 0 Å². The lowest BCUT2D eigenvalue weighted by Crippen LogP contribution is -2.46. The smallest absolute Gasteiger partial charge is 0.338 e. The summed E-state index contributed by atoms with van der Waals surface area (Å²) in [5, 5.41) is 5.31. The monoisotopic (exact) mass is 389 g/mol. The van der Waals surface area contributed by atoms with E-state index in [2.05, 4.69) is 10.6 Å². The minimum Gasteiger partial charge on any atom is -0.462 e. The first-order valence-electron chi connectivity index (χ1n) is 9.58. The number of hydrogen-bond donors (Lipinski definition) is 2. The zero-order valence-corrected chi connectivity index (χ0v) is 16.5. The number of nitrogens with one attached hydrogen (secondary N) is 2. The molecule has 0 aliphatic carbocycles. The summed E-state index contributed by atoms with van der Waals surface area (Å²) in [5.41, 5.74) is -0.0878. The third-order valence-electron chi connectivity index (χ3n) is 4.89. The van der Waals surface area contributed by atoms with Gasteiger partial charge < -0.3 is 15.4 Å². The lowest BCUT2D eigenvalue weighted by Gasteiger charge is -2.23. The van der Waals surface area contributed by atoms with E-state index in [4.69, 9.17) is 4.74 Å². The standard InChI is InChI=1S/C20H27N3O5/c1-4-7-12-28-17(25)14-8-10-15(11-9-14)21-16(24)13-23-18(26)20(5-2,6-3)22-19(23)27/h8-11H,4-7,12-13H2,1-3H3,(H,21,24)(H,22,27). The van der Waals surface area contributed by atoms with Crippen molar-refractivity contribution in [1.29, 1.82) is 0 Å². The molecule has 0 bridgehead atoms. The third kappa shape index (κ3) is 4.68. The van der Waals surface area contributed by atoms with E-state index in [1.807, 2.05) is 20.8 Å². The molecule has 8 nitrogen and oxygen atoms in total. The highest BCUT2D eigenvalue weighted by atomic mass is 16.5. The summed E-state index contributed by atoms with van der Waals surface area (Å²) in [6.45, 7) is 5.65. The summed E-state index contributed by atoms with van der Waals surface area (Å²) in [4.78, 5) is 49.7. The number of imide groups is 1. The Morgan fingerprint density at radius 1 is 1.11 bits per heavy atom. The maximum Gasteiger partial charge on any atom is 0.338 e. The van der Waals surface area contributed by atoms with Crippen molar-refractivity contribution >= 4 is 29.5 Å². The SMILES string of the molecule is CCCCOC(=O)c1ccc(NC(=O)CN2C(=O)NC(CC)(CC)C2=O)cc1. The van der Waals surface area contributed by atoms with Crippen LogP contribution in [-0.4, -0.2) is 47.4 Å². The molecule has 4 amide bonds. The van der Waals surface area contributed by atoms with E-state index in [1.165, 1.54) is 0 Å². The maximum atomic E-state index is 12.5. The molecule has 2 rings (SSSR count). The van der Waals surface area contributed by atoms with Gasteiger partial charge in [0.25, 0.3) is 5.91 Å². The lowest BCUT2D eigenvalue weighted by molar-refractivity contribution is -0.134. The Balaban J connectivity index is 1.94. The van der Waals surface area contributed by atoms with Crippen molar-refractivity contribution in [1.82, 2.24) is 10.2 Å². The number of carbonyl (C=O) groups is 4. The van der Waals surface area contributed by atoms with Gasteiger partial charge in [-0.15, -0.1) is 0 Å². The number of unbranched alkanes of at least 4 members (excludes halogenated alkanes) is 1. The van der Waals surface area contributed by atoms with E-state index in [1.54, 1.807) is 24.3 Å². The van der Waals surface area contributed by atoms with Gasteiger partial charge in [-0.05, 0) is 43.5 Å². The van der Waals surface area contributed by atoms with E-state index in [0.717, 1.165) is 17.7 Å². The minimum absolute atomic E-state index is 0.368. The number of anilines is 1. The number of nitrogens with zero attached hydrogens (tertiary/aromatic N) is 1. The van der Waals surface area contributed by atoms with Gasteiger partial charge in [0.1, 0.15) is 12.1 Å². The molecule has 8 heteroatoms. The van der Waals surface area contributed by atoms with Crippen molar-refractivity contribution in [3.8, 4) is 0 Å². The van der Waals surface area contributed by atoms with Crippen LogP contribution in [-0.2, 0) is 14.3 Å². The Bertz CT molecular complexity index is 741. The van der Waals surface area contributed by atoms with Crippen LogP contribution in [0.1, 0.15) is 56.8 Å². The molecule has 152 valence electrons. The van der Waals surface area contributed by atoms with E-state index >= 15 is 0 Å². The molecule has 0 atom stereocenters. The molecule has 0 spiro atoms. The Labute approximate surface area is 164 Å². The molecular formula is C20H27N3O5. The number of ether oxygens (including phenoxy) is 1. The quantitative estimate of drug-likeness (QED) is 0.384. The molecule has 1 fully saturated rings. The first kappa shape index (κ1) is 21.4. The van der Waals surface area contributed by atoms with E-state index in [0.29, 0.717) is 30.7 Å². The Morgan fingerprint density at radius 3 is 2.29 bits per heavy atom. The van der Waals surface area contributed by atoms with Crippen LogP contribution in [0.4, 0.5) is 10.5 Å². The second-order valence-electron chi connectivity index (χ2n) is 6.73. The van der Waals surface area contributed by atoms with Gasteiger partial charge in [0.15, 0.2) is 0 Å². The second kappa shape index (κ2) is 9.34. The Morgan fingerprint density at radius 2 is 1.75 bits per heavy atom. The molecular weight excluding hydrogens is 362 g/mol. The number of urea groups is 1. The summed E-state index contributed by atoms with van der Waals surface area (Å²) in [5.74, 6) is -1.30. The van der Waals surface area contributed by atoms with Gasteiger partial charge in [-0.2, -0.15) is 0 Å². The molecule has 28 heavy (non-hydrogen) atoms. The van der Waals surface area contributed by atoms with Gasteiger partial charge in [0.05, 0.1) is 12.2 Å². The van der Waals surface area contributed by atoms with Crippen molar-refractivity contribution in [2.75, 3.05) is 18.5 Å². The summed E-state index contributed by atoms with van der Waals surface area (Å²) in [7, 11) is 0. The first-order valence-corrected chi connectivity index (χ1v) is 9.58. The van der Waals surface area contributed by atoms with Crippen molar-refractivity contribution in [3.05, 3.63) is 29.8 Å². The van der Waals surface area contributed by atoms with Crippen LogP contribution in [0, 0.1) is 0 Å². The molecule has 1 saturated heterocycles. The van der Waals surface area contributed by atoms with E-state index in [9.17, 15) is 19.2 Å². The Kier molecular flexibility index (Phi) is 7.14. The predicted molar refractivity (Wildman–Crippen MR) is 104 cm³/mol. The summed E-state index contributed by atoms with van der Waals surface area (Å²) in [6.07, 6.45) is 2.66. The highest BCUT2D eigenvalue weighted by molar-refractivity contribution is 6.10. The highest BCUT2D eigenvalue weighted by Gasteiger charge is 2.49. The van der Waals surface area contributed by atoms with Gasteiger partial charge in [0, 0.05) is 5.69 Å². The number of amides is 4. The second-order valence-corrected chi connectivity index (χ2v) is 6.73. The van der Waals surface area contributed by atoms with Crippen molar-refractivity contribution in [2.24, 2.45) is 0 Å². The molecule has 1 heterocycles. The first-order chi connectivity index (χ1) is 13.4. The largest absolute Gasteiger partial charge is 0.462 e. The van der Waals surface area contributed by atoms with Crippen molar-refractivity contribution in [3.63, 3.8) is 0 Å². The predicted octanol–water partition coefficient (Wildman–Crippen LogP) is 2.69. The molecule has 1 aliphatic heterocycles. The maximum absolute atomic E-state index is 12.5. The fourth-order valence-electron chi connectivity index (χ4n) is 2.98. The summed E-state index contributed by atoms with van der Waals surface area (Å²) >= 11 is 0. The zero-order valence-electron chi connectivity index (χ0n) is 16.5. The van der Waals surface area contributed by atoms with E-state index in [-0.39, 0.29) is 12.5 Å². The molecule has 0 saturated carbocycles. The molecule has 1 aromatic rings. The van der Waals surface area contributed by atoms with Crippen LogP contribution in [0.3, 0.4) is 0 Å². The zero-order chi connectivity index (χ0) is 20.7. The van der Waals surface area contributed by atoms with Gasteiger partial charge in [0.2, 0.25) is 5.91 Å². The molecule has 0 unspecified atom stereocenters. The molecule has 1 aliphatic rings. The van der Waals surface area contributed by atoms with Crippen molar-refractivity contribution < 1.29 is 23.9 Å². The third-order valence-corrected chi connectivity index (χ3v) is 4.89. The highest BCUT2D eigenvalue weighted by Crippen LogP contribution is 2.24. The summed E-state index contributed by atoms with van der Waals surface area (Å²) < 4.78 is 5.13. The fourth-order valence-corrected chi connectivity index (χ4v) is 2.98. The Hall–Kier alpha value is -2.90. The van der Waals surface area contributed by atoms with Crippen LogP contribution >= 0.6 is 0 Å². The number of hydrogen-bond acceptors (Lipinski definition) is 5. The van der Waals surface area contributed by atoms with Crippen LogP contribution in [0.25, 0.3) is 0 Å². The van der Waals surface area contributed by atoms with Crippen LogP contribution in [0.5, 0.6) is 0 Å². The lowest BCUT2D eigenvalue weighted by atomic mass is 9.93. The van der Waals surface area contributed by atoms with Crippen molar-refractivity contribution in [2.45, 2.75) is 52.0 Å². The average Bonchev–Trinajstić information content (AvgIpc) is 2.93. The van der Waals surface area contributed by atoms with Gasteiger partial charge in [-0.25, -0.2) is 9.59 Å². The van der Waals surface area contributed by atoms with E-state index < -0.39 is 23.4 Å². The fraction of sp³-hybridized carbons (Fsp3) is 0.500. The van der Waals surface area contributed by atoms with Gasteiger partial charge in [-0.3, -0.25) is 14.5 Å². The number of rotatable bonds is 9. The molecule has 1 aromatic carbocycles. The molecule has 0 aromatic heterocycles. The van der Waals surface area contributed by atoms with Crippen LogP contribution < -0.4 is 10.6 Å². The number of benzene rings is 1. The van der Waals surface area contributed by atoms with Gasteiger partial charge >= 0.3 is 12.0 Å².